The van der Waals surface area contributed by atoms with Crippen LogP contribution in [-0.4, -0.2) is 38.8 Å². The minimum absolute atomic E-state index is 0.0274. The summed E-state index contributed by atoms with van der Waals surface area (Å²) < 4.78 is 64.3. The molecule has 168 valence electrons. The van der Waals surface area contributed by atoms with Crippen molar-refractivity contribution < 1.29 is 31.8 Å². The van der Waals surface area contributed by atoms with E-state index in [0.717, 1.165) is 12.1 Å². The lowest BCUT2D eigenvalue weighted by molar-refractivity contribution is -0.138. The van der Waals surface area contributed by atoms with E-state index >= 15 is 0 Å². The number of carbonyl (C=O) groups is 1. The highest BCUT2D eigenvalue weighted by Crippen LogP contribution is 2.35. The van der Waals surface area contributed by atoms with E-state index in [1.165, 1.54) is 18.2 Å². The van der Waals surface area contributed by atoms with Gasteiger partial charge in [0.25, 0.3) is 0 Å². The summed E-state index contributed by atoms with van der Waals surface area (Å²) in [6.45, 7) is 1.64. The van der Waals surface area contributed by atoms with Gasteiger partial charge >= 0.3 is 6.18 Å². The van der Waals surface area contributed by atoms with Gasteiger partial charge in [0.2, 0.25) is 5.91 Å². The Morgan fingerprint density at radius 3 is 2.58 bits per heavy atom. The molecule has 31 heavy (non-hydrogen) atoms. The van der Waals surface area contributed by atoms with Gasteiger partial charge < -0.3 is 19.7 Å². The topological polar surface area (TPSA) is 50.8 Å². The molecule has 1 fully saturated rings. The lowest BCUT2D eigenvalue weighted by atomic mass is 10.0. The van der Waals surface area contributed by atoms with Crippen molar-refractivity contribution in [1.29, 1.82) is 0 Å². The van der Waals surface area contributed by atoms with Crippen molar-refractivity contribution in [2.24, 2.45) is 0 Å². The number of rotatable bonds is 7. The van der Waals surface area contributed by atoms with Crippen molar-refractivity contribution in [2.45, 2.75) is 19.1 Å². The van der Waals surface area contributed by atoms with Gasteiger partial charge in [-0.15, -0.1) is 0 Å². The van der Waals surface area contributed by atoms with Crippen LogP contribution in [0.2, 0.25) is 5.02 Å². The number of nitrogens with zero attached hydrogens (tertiary/aromatic N) is 1. The third-order valence-electron chi connectivity index (χ3n) is 4.73. The number of nitrogens with one attached hydrogen (secondary N) is 1. The number of alkyl halides is 3. The van der Waals surface area contributed by atoms with Crippen molar-refractivity contribution in [3.05, 3.63) is 58.4 Å². The maximum Gasteiger partial charge on any atom is 0.416 e. The molecule has 1 aliphatic heterocycles. The molecule has 0 saturated carbocycles. The van der Waals surface area contributed by atoms with Gasteiger partial charge in [-0.25, -0.2) is 4.39 Å². The first-order valence-electron chi connectivity index (χ1n) is 9.61. The van der Waals surface area contributed by atoms with Crippen LogP contribution >= 0.6 is 11.6 Å². The number of amides is 1. The normalized spacial score (nSPS) is 14.4. The van der Waals surface area contributed by atoms with E-state index < -0.39 is 23.5 Å². The number of benzene rings is 2. The maximum atomic E-state index is 13.6. The van der Waals surface area contributed by atoms with Gasteiger partial charge in [0.05, 0.1) is 36.8 Å². The third-order valence-corrected chi connectivity index (χ3v) is 5.03. The molecule has 0 aliphatic carbocycles. The smallest absolute Gasteiger partial charge is 0.416 e. The molecule has 10 heteroatoms. The molecule has 2 aromatic carbocycles. The summed E-state index contributed by atoms with van der Waals surface area (Å²) in [5.74, 6) is -0.784. The molecule has 1 heterocycles. The Labute approximate surface area is 181 Å². The molecule has 0 radical (unpaired) electrons. The molecule has 1 saturated heterocycles. The highest BCUT2D eigenvalue weighted by Gasteiger charge is 2.34. The lowest BCUT2D eigenvalue weighted by Gasteiger charge is -2.29. The molecule has 0 atom stereocenters. The molecule has 1 N–H and O–H groups in total. The molecule has 0 bridgehead atoms. The third kappa shape index (κ3) is 6.48. The average molecular weight is 461 g/mol. The number of anilines is 1. The van der Waals surface area contributed by atoms with Crippen LogP contribution in [0, 0.1) is 5.82 Å². The Hall–Kier alpha value is -2.52. The molecular formula is C21H21ClF4N2O3. The Morgan fingerprint density at radius 2 is 1.90 bits per heavy atom. The van der Waals surface area contributed by atoms with Crippen molar-refractivity contribution in [2.75, 3.05) is 37.8 Å². The lowest BCUT2D eigenvalue weighted by Crippen LogP contribution is -2.36. The number of carbonyl (C=O) groups excluding carboxylic acids is 1. The molecule has 1 amide bonds. The number of hydrogen-bond donors (Lipinski definition) is 1. The monoisotopic (exact) mass is 460 g/mol. The predicted molar refractivity (Wildman–Crippen MR) is 108 cm³/mol. The van der Waals surface area contributed by atoms with Gasteiger partial charge in [-0.05, 0) is 35.9 Å². The number of ether oxygens (including phenoxy) is 2. The van der Waals surface area contributed by atoms with Gasteiger partial charge in [0, 0.05) is 25.3 Å². The minimum atomic E-state index is -4.55. The second-order valence-corrected chi connectivity index (χ2v) is 7.30. The molecular weight excluding hydrogens is 440 g/mol. The van der Waals surface area contributed by atoms with E-state index in [0.29, 0.717) is 32.0 Å². The Bertz CT molecular complexity index is 918. The van der Waals surface area contributed by atoms with Crippen LogP contribution in [0.15, 0.2) is 36.4 Å². The summed E-state index contributed by atoms with van der Waals surface area (Å²) in [7, 11) is 0. The Morgan fingerprint density at radius 1 is 1.16 bits per heavy atom. The number of morpholine rings is 1. The zero-order chi connectivity index (χ0) is 22.4. The van der Waals surface area contributed by atoms with Crippen LogP contribution in [0.5, 0.6) is 5.75 Å². The first-order chi connectivity index (χ1) is 14.7. The van der Waals surface area contributed by atoms with E-state index in [-0.39, 0.29) is 35.9 Å². The molecule has 0 unspecified atom stereocenters. The molecule has 2 aromatic rings. The van der Waals surface area contributed by atoms with Crippen LogP contribution in [0.4, 0.5) is 23.2 Å². The second-order valence-electron chi connectivity index (χ2n) is 6.89. The molecule has 1 aliphatic rings. The predicted octanol–water partition coefficient (Wildman–Crippen LogP) is 4.42. The van der Waals surface area contributed by atoms with Crippen LogP contribution < -0.4 is 15.0 Å². The summed E-state index contributed by atoms with van der Waals surface area (Å²) >= 11 is 5.83. The summed E-state index contributed by atoms with van der Waals surface area (Å²) in [4.78, 5) is 13.9. The van der Waals surface area contributed by atoms with E-state index in [9.17, 15) is 22.4 Å². The zero-order valence-electron chi connectivity index (χ0n) is 16.5. The summed E-state index contributed by atoms with van der Waals surface area (Å²) in [6, 6.07) is 7.68. The summed E-state index contributed by atoms with van der Waals surface area (Å²) in [5.41, 5.74) is -0.346. The van der Waals surface area contributed by atoms with Crippen LogP contribution in [0.3, 0.4) is 0 Å². The fourth-order valence-electron chi connectivity index (χ4n) is 3.13. The molecule has 3 rings (SSSR count). The zero-order valence-corrected chi connectivity index (χ0v) is 17.2. The average Bonchev–Trinajstić information content (AvgIpc) is 2.73. The van der Waals surface area contributed by atoms with Gasteiger partial charge in [0.1, 0.15) is 11.6 Å². The highest BCUT2D eigenvalue weighted by molar-refractivity contribution is 6.32. The van der Waals surface area contributed by atoms with Crippen LogP contribution in [-0.2, 0) is 22.3 Å². The van der Waals surface area contributed by atoms with Gasteiger partial charge in [0.15, 0.2) is 0 Å². The van der Waals surface area contributed by atoms with E-state index in [1.807, 2.05) is 4.90 Å². The van der Waals surface area contributed by atoms with Crippen molar-refractivity contribution in [3.8, 4) is 5.75 Å². The van der Waals surface area contributed by atoms with Crippen molar-refractivity contribution in [3.63, 3.8) is 0 Å². The number of halogens is 5. The standard InChI is InChI=1S/C21H21ClF4N2O3/c22-18-11-15(23)2-4-19(18)31-8-5-20(29)27-13-14-1-3-16(12-17(14)21(24,25)26)28-6-9-30-10-7-28/h1-4,11-12H,5-10,13H2,(H,27,29). The van der Waals surface area contributed by atoms with E-state index in [2.05, 4.69) is 5.32 Å². The maximum absolute atomic E-state index is 13.6. The van der Waals surface area contributed by atoms with Gasteiger partial charge in [-0.3, -0.25) is 4.79 Å². The minimum Gasteiger partial charge on any atom is -0.491 e. The van der Waals surface area contributed by atoms with Gasteiger partial charge in [-0.1, -0.05) is 17.7 Å². The first-order valence-corrected chi connectivity index (χ1v) is 9.99. The van der Waals surface area contributed by atoms with E-state index in [4.69, 9.17) is 21.1 Å². The quantitative estimate of drug-likeness (QED) is 0.621. The van der Waals surface area contributed by atoms with Crippen molar-refractivity contribution in [1.82, 2.24) is 5.32 Å². The first kappa shape index (κ1) is 23.1. The number of hydrogen-bond acceptors (Lipinski definition) is 4. The largest absolute Gasteiger partial charge is 0.491 e. The Kier molecular flexibility index (Phi) is 7.61. The SMILES string of the molecule is O=C(CCOc1ccc(F)cc1Cl)NCc1ccc(N2CCOCC2)cc1C(F)(F)F. The van der Waals surface area contributed by atoms with Crippen molar-refractivity contribution >= 4 is 23.2 Å². The van der Waals surface area contributed by atoms with Crippen LogP contribution in [0.25, 0.3) is 0 Å². The van der Waals surface area contributed by atoms with Crippen LogP contribution in [0.1, 0.15) is 17.5 Å². The fourth-order valence-corrected chi connectivity index (χ4v) is 3.35. The summed E-state index contributed by atoms with van der Waals surface area (Å²) in [6.07, 6.45) is -4.65. The van der Waals surface area contributed by atoms with Gasteiger partial charge in [-0.2, -0.15) is 13.2 Å². The second kappa shape index (κ2) is 10.2. The molecule has 5 nitrogen and oxygen atoms in total. The molecule has 0 aromatic heterocycles. The Balaban J connectivity index is 1.57. The van der Waals surface area contributed by atoms with E-state index in [1.54, 1.807) is 6.07 Å². The fraction of sp³-hybridized carbons (Fsp3) is 0.381. The highest BCUT2D eigenvalue weighted by atomic mass is 35.5. The molecule has 0 spiro atoms. The summed E-state index contributed by atoms with van der Waals surface area (Å²) in [5, 5.41) is 2.54.